The van der Waals surface area contributed by atoms with Gasteiger partial charge in [-0.2, -0.15) is 0 Å². The standard InChI is InChI=1S/C32H37Cl2N3O4S/c1-23-19-27(34)17-18-29(23)37(42(2,40)41)22-31(38)36(21-25-13-15-26(33)16-14-25)30(20-24-9-5-3-6-10-24)32(39)35-28-11-7-4-8-12-28/h3,5-6,9-10,13-19,28,30H,4,7-8,11-12,20-22H2,1-2H3,(H,35,39). The van der Waals surface area contributed by atoms with E-state index in [1.807, 2.05) is 30.3 Å². The van der Waals surface area contributed by atoms with Crippen LogP contribution in [0.25, 0.3) is 0 Å². The fourth-order valence-electron chi connectivity index (χ4n) is 5.38. The number of amides is 2. The first-order valence-electron chi connectivity index (χ1n) is 14.1. The fourth-order valence-corrected chi connectivity index (χ4v) is 6.64. The van der Waals surface area contributed by atoms with Gasteiger partial charge in [-0.1, -0.05) is 84.9 Å². The number of anilines is 1. The zero-order valence-electron chi connectivity index (χ0n) is 23.9. The van der Waals surface area contributed by atoms with Crippen LogP contribution >= 0.6 is 23.2 Å². The van der Waals surface area contributed by atoms with Crippen molar-refractivity contribution in [3.63, 3.8) is 0 Å². The number of hydrogen-bond donors (Lipinski definition) is 1. The van der Waals surface area contributed by atoms with Gasteiger partial charge in [-0.3, -0.25) is 13.9 Å². The highest BCUT2D eigenvalue weighted by molar-refractivity contribution is 7.92. The predicted molar refractivity (Wildman–Crippen MR) is 169 cm³/mol. The topological polar surface area (TPSA) is 86.8 Å². The summed E-state index contributed by atoms with van der Waals surface area (Å²) in [6.45, 7) is 1.37. The largest absolute Gasteiger partial charge is 0.352 e. The third kappa shape index (κ3) is 8.72. The monoisotopic (exact) mass is 629 g/mol. The van der Waals surface area contributed by atoms with Crippen molar-refractivity contribution in [1.82, 2.24) is 10.2 Å². The summed E-state index contributed by atoms with van der Waals surface area (Å²) in [5.41, 5.74) is 2.63. The van der Waals surface area contributed by atoms with Crippen molar-refractivity contribution in [3.05, 3.63) is 99.5 Å². The molecule has 1 N–H and O–H groups in total. The SMILES string of the molecule is Cc1cc(Cl)ccc1N(CC(=O)N(Cc1ccc(Cl)cc1)C(Cc1ccccc1)C(=O)NC1CCCCC1)S(C)(=O)=O. The van der Waals surface area contributed by atoms with E-state index in [4.69, 9.17) is 23.2 Å². The van der Waals surface area contributed by atoms with Gasteiger partial charge in [0.2, 0.25) is 21.8 Å². The van der Waals surface area contributed by atoms with Gasteiger partial charge >= 0.3 is 0 Å². The van der Waals surface area contributed by atoms with Gasteiger partial charge in [0.05, 0.1) is 11.9 Å². The molecule has 1 fully saturated rings. The summed E-state index contributed by atoms with van der Waals surface area (Å²) < 4.78 is 27.1. The van der Waals surface area contributed by atoms with E-state index in [0.29, 0.717) is 21.3 Å². The van der Waals surface area contributed by atoms with E-state index in [9.17, 15) is 18.0 Å². The first-order valence-corrected chi connectivity index (χ1v) is 16.7. The van der Waals surface area contributed by atoms with Crippen LogP contribution in [0.2, 0.25) is 10.0 Å². The number of sulfonamides is 1. The normalized spacial score (nSPS) is 14.7. The number of hydrogen-bond acceptors (Lipinski definition) is 4. The zero-order chi connectivity index (χ0) is 30.3. The van der Waals surface area contributed by atoms with Crippen molar-refractivity contribution < 1.29 is 18.0 Å². The van der Waals surface area contributed by atoms with Crippen molar-refractivity contribution in [2.45, 2.75) is 64.1 Å². The fraction of sp³-hybridized carbons (Fsp3) is 0.375. The maximum absolute atomic E-state index is 14.2. The molecule has 7 nitrogen and oxygen atoms in total. The second kappa shape index (κ2) is 14.4. The molecule has 0 spiro atoms. The average Bonchev–Trinajstić information content (AvgIpc) is 2.95. The summed E-state index contributed by atoms with van der Waals surface area (Å²) in [4.78, 5) is 29.7. The molecule has 0 saturated heterocycles. The van der Waals surface area contributed by atoms with Crippen molar-refractivity contribution in [2.24, 2.45) is 0 Å². The first kappa shape index (κ1) is 31.9. The highest BCUT2D eigenvalue weighted by Crippen LogP contribution is 2.27. The van der Waals surface area contributed by atoms with Crippen LogP contribution in [0.3, 0.4) is 0 Å². The molecule has 0 aromatic heterocycles. The molecule has 1 unspecified atom stereocenters. The van der Waals surface area contributed by atoms with Gasteiger partial charge in [-0.05, 0) is 66.8 Å². The molecule has 4 rings (SSSR count). The second-order valence-electron chi connectivity index (χ2n) is 10.9. The Morgan fingerprint density at radius 3 is 2.17 bits per heavy atom. The Bertz CT molecular complexity index is 1480. The predicted octanol–water partition coefficient (Wildman–Crippen LogP) is 6.16. The zero-order valence-corrected chi connectivity index (χ0v) is 26.3. The van der Waals surface area contributed by atoms with E-state index in [2.05, 4.69) is 5.32 Å². The smallest absolute Gasteiger partial charge is 0.244 e. The Balaban J connectivity index is 1.73. The highest BCUT2D eigenvalue weighted by Gasteiger charge is 2.34. The van der Waals surface area contributed by atoms with Crippen molar-refractivity contribution in [2.75, 3.05) is 17.1 Å². The van der Waals surface area contributed by atoms with Gasteiger partial charge in [0.1, 0.15) is 12.6 Å². The number of nitrogens with one attached hydrogen (secondary N) is 1. The van der Waals surface area contributed by atoms with E-state index in [0.717, 1.165) is 53.8 Å². The Kier molecular flexibility index (Phi) is 10.9. The summed E-state index contributed by atoms with van der Waals surface area (Å²) in [5, 5.41) is 4.21. The van der Waals surface area contributed by atoms with Crippen LogP contribution in [0, 0.1) is 6.92 Å². The molecule has 42 heavy (non-hydrogen) atoms. The van der Waals surface area contributed by atoms with Gasteiger partial charge in [-0.15, -0.1) is 0 Å². The molecule has 0 radical (unpaired) electrons. The lowest BCUT2D eigenvalue weighted by molar-refractivity contribution is -0.140. The Morgan fingerprint density at radius 2 is 1.55 bits per heavy atom. The minimum atomic E-state index is -3.86. The van der Waals surface area contributed by atoms with Crippen LogP contribution in [-0.2, 0) is 32.6 Å². The molecule has 0 aliphatic heterocycles. The lowest BCUT2D eigenvalue weighted by Crippen LogP contribution is -2.55. The molecule has 224 valence electrons. The summed E-state index contributed by atoms with van der Waals surface area (Å²) in [6, 6.07) is 20.6. The van der Waals surface area contributed by atoms with Gasteiger partial charge in [-0.25, -0.2) is 8.42 Å². The van der Waals surface area contributed by atoms with Crippen molar-refractivity contribution in [3.8, 4) is 0 Å². The van der Waals surface area contributed by atoms with Crippen LogP contribution in [0.15, 0.2) is 72.8 Å². The molecule has 3 aromatic carbocycles. The molecule has 1 atom stereocenters. The summed E-state index contributed by atoms with van der Waals surface area (Å²) in [6.07, 6.45) is 6.37. The minimum Gasteiger partial charge on any atom is -0.352 e. The third-order valence-electron chi connectivity index (χ3n) is 7.60. The average molecular weight is 631 g/mol. The van der Waals surface area contributed by atoms with Crippen molar-refractivity contribution >= 4 is 50.7 Å². The molecule has 3 aromatic rings. The van der Waals surface area contributed by atoms with E-state index < -0.39 is 28.5 Å². The van der Waals surface area contributed by atoms with Crippen LogP contribution in [-0.4, -0.2) is 50.0 Å². The molecule has 0 bridgehead atoms. The number of rotatable bonds is 11. The summed E-state index contributed by atoms with van der Waals surface area (Å²) in [7, 11) is -3.86. The van der Waals surface area contributed by atoms with Crippen LogP contribution in [0.4, 0.5) is 5.69 Å². The van der Waals surface area contributed by atoms with Crippen LogP contribution < -0.4 is 9.62 Å². The Labute approximate surface area is 258 Å². The van der Waals surface area contributed by atoms with Gasteiger partial charge in [0.25, 0.3) is 0 Å². The molecule has 1 saturated carbocycles. The van der Waals surface area contributed by atoms with E-state index in [1.54, 1.807) is 49.4 Å². The molecule has 2 amide bonds. The number of carbonyl (C=O) groups excluding carboxylic acids is 2. The van der Waals surface area contributed by atoms with Crippen molar-refractivity contribution in [1.29, 1.82) is 0 Å². The first-order chi connectivity index (χ1) is 20.0. The van der Waals surface area contributed by atoms with Gasteiger partial charge in [0, 0.05) is 29.1 Å². The maximum Gasteiger partial charge on any atom is 0.244 e. The van der Waals surface area contributed by atoms with Crippen LogP contribution in [0.5, 0.6) is 0 Å². The summed E-state index contributed by atoms with van der Waals surface area (Å²) in [5.74, 6) is -0.744. The number of benzene rings is 3. The lowest BCUT2D eigenvalue weighted by atomic mass is 9.94. The van der Waals surface area contributed by atoms with E-state index >= 15 is 0 Å². The Hall–Kier alpha value is -3.07. The minimum absolute atomic E-state index is 0.0428. The lowest BCUT2D eigenvalue weighted by Gasteiger charge is -2.35. The van der Waals surface area contributed by atoms with E-state index in [1.165, 1.54) is 4.90 Å². The molecule has 10 heteroatoms. The van der Waals surface area contributed by atoms with Gasteiger partial charge in [0.15, 0.2) is 0 Å². The van der Waals surface area contributed by atoms with E-state index in [-0.39, 0.29) is 24.9 Å². The number of nitrogens with zero attached hydrogens (tertiary/aromatic N) is 2. The molecular weight excluding hydrogens is 593 g/mol. The molecule has 1 aliphatic rings. The Morgan fingerprint density at radius 1 is 0.905 bits per heavy atom. The molecule has 0 heterocycles. The molecule has 1 aliphatic carbocycles. The second-order valence-corrected chi connectivity index (χ2v) is 13.7. The quantitative estimate of drug-likeness (QED) is 0.275. The van der Waals surface area contributed by atoms with Gasteiger partial charge < -0.3 is 10.2 Å². The molecular formula is C32H37Cl2N3O4S. The summed E-state index contributed by atoms with van der Waals surface area (Å²) >= 11 is 12.3. The third-order valence-corrected chi connectivity index (χ3v) is 9.21. The number of halogens is 2. The number of carbonyl (C=O) groups is 2. The number of aryl methyl sites for hydroxylation is 1. The van der Waals surface area contributed by atoms with Crippen LogP contribution in [0.1, 0.15) is 48.8 Å². The highest BCUT2D eigenvalue weighted by atomic mass is 35.5. The maximum atomic E-state index is 14.2.